The number of aromatic amines is 1. The summed E-state index contributed by atoms with van der Waals surface area (Å²) in [5.74, 6) is 0.755. The highest BCUT2D eigenvalue weighted by molar-refractivity contribution is 5.17. The summed E-state index contributed by atoms with van der Waals surface area (Å²) in [5.41, 5.74) is 1.28. The minimum Gasteiger partial charge on any atom is -0.379 e. The van der Waals surface area contributed by atoms with Gasteiger partial charge in [0.25, 0.3) is 0 Å². The van der Waals surface area contributed by atoms with Gasteiger partial charge < -0.3 is 4.74 Å². The van der Waals surface area contributed by atoms with E-state index in [1.165, 1.54) is 5.56 Å². The highest BCUT2D eigenvalue weighted by Gasteiger charge is 2.26. The van der Waals surface area contributed by atoms with Gasteiger partial charge in [-0.1, -0.05) is 35.5 Å². The number of hydrogen-bond donors (Lipinski definition) is 1. The first-order valence-corrected chi connectivity index (χ1v) is 6.52. The molecule has 0 aliphatic carbocycles. The Labute approximate surface area is 111 Å². The molecule has 1 fully saturated rings. The second kappa shape index (κ2) is 5.90. The molecule has 2 heterocycles. The van der Waals surface area contributed by atoms with Crippen LogP contribution in [-0.4, -0.2) is 51.8 Å². The van der Waals surface area contributed by atoms with E-state index in [1.54, 1.807) is 0 Å². The fourth-order valence-electron chi connectivity index (χ4n) is 2.42. The maximum absolute atomic E-state index is 5.41. The average Bonchev–Trinajstić information content (AvgIpc) is 3.01. The molecule has 1 unspecified atom stereocenters. The van der Waals surface area contributed by atoms with Gasteiger partial charge in [-0.15, -0.1) is 10.2 Å². The molecule has 1 aromatic heterocycles. The lowest BCUT2D eigenvalue weighted by Crippen LogP contribution is -2.40. The summed E-state index contributed by atoms with van der Waals surface area (Å²) in [6.45, 7) is 3.35. The Kier molecular flexibility index (Phi) is 3.81. The van der Waals surface area contributed by atoms with E-state index >= 15 is 0 Å². The smallest absolute Gasteiger partial charge is 0.191 e. The number of nitrogens with one attached hydrogen (secondary N) is 1. The number of tetrazole rings is 1. The second-order valence-electron chi connectivity index (χ2n) is 4.62. The summed E-state index contributed by atoms with van der Waals surface area (Å²) < 4.78 is 5.41. The van der Waals surface area contributed by atoms with Crippen molar-refractivity contribution in [3.8, 4) is 0 Å². The maximum Gasteiger partial charge on any atom is 0.191 e. The highest BCUT2D eigenvalue weighted by atomic mass is 16.5. The van der Waals surface area contributed by atoms with Crippen LogP contribution < -0.4 is 0 Å². The van der Waals surface area contributed by atoms with Crippen LogP contribution in [0.15, 0.2) is 30.3 Å². The molecule has 6 nitrogen and oxygen atoms in total. The van der Waals surface area contributed by atoms with E-state index in [0.717, 1.165) is 38.5 Å². The van der Waals surface area contributed by atoms with Crippen LogP contribution in [-0.2, 0) is 11.2 Å². The number of ether oxygens (including phenoxy) is 1. The van der Waals surface area contributed by atoms with Crippen LogP contribution in [0.25, 0.3) is 0 Å². The van der Waals surface area contributed by atoms with Gasteiger partial charge in [-0.25, -0.2) is 0 Å². The molecule has 0 amide bonds. The molecule has 0 spiro atoms. The Balaban J connectivity index is 1.80. The van der Waals surface area contributed by atoms with E-state index in [2.05, 4.69) is 49.8 Å². The van der Waals surface area contributed by atoms with Crippen molar-refractivity contribution in [1.82, 2.24) is 25.5 Å². The number of hydrogen-bond acceptors (Lipinski definition) is 5. The summed E-state index contributed by atoms with van der Waals surface area (Å²) >= 11 is 0. The van der Waals surface area contributed by atoms with Crippen molar-refractivity contribution >= 4 is 0 Å². The summed E-state index contributed by atoms with van der Waals surface area (Å²) in [6.07, 6.45) is 0.889. The van der Waals surface area contributed by atoms with E-state index in [-0.39, 0.29) is 6.04 Å². The van der Waals surface area contributed by atoms with Gasteiger partial charge in [-0.2, -0.15) is 5.21 Å². The van der Waals surface area contributed by atoms with Gasteiger partial charge >= 0.3 is 0 Å². The molecule has 1 aromatic carbocycles. The zero-order valence-electron chi connectivity index (χ0n) is 10.7. The van der Waals surface area contributed by atoms with Crippen LogP contribution in [0.3, 0.4) is 0 Å². The molecule has 3 rings (SSSR count). The lowest BCUT2D eigenvalue weighted by Gasteiger charge is -2.32. The number of benzene rings is 1. The fraction of sp³-hybridized carbons (Fsp3) is 0.462. The normalized spacial score (nSPS) is 18.3. The predicted molar refractivity (Wildman–Crippen MR) is 69.5 cm³/mol. The van der Waals surface area contributed by atoms with Crippen LogP contribution >= 0.6 is 0 Å². The molecule has 6 heteroatoms. The van der Waals surface area contributed by atoms with E-state index in [1.807, 2.05) is 6.07 Å². The molecule has 0 saturated carbocycles. The van der Waals surface area contributed by atoms with Gasteiger partial charge in [0, 0.05) is 13.1 Å². The standard InChI is InChI=1S/C13H17N5O/c1-2-4-11(5-3-1)10-12(13-14-16-17-15-13)18-6-8-19-9-7-18/h1-5,12H,6-10H2,(H,14,15,16,17). The van der Waals surface area contributed by atoms with Crippen molar-refractivity contribution in [1.29, 1.82) is 0 Å². The molecule has 1 aliphatic rings. The van der Waals surface area contributed by atoms with E-state index in [9.17, 15) is 0 Å². The Morgan fingerprint density at radius 2 is 2.00 bits per heavy atom. The van der Waals surface area contributed by atoms with Crippen molar-refractivity contribution in [2.45, 2.75) is 12.5 Å². The molecule has 1 N–H and O–H groups in total. The summed E-state index contributed by atoms with van der Waals surface area (Å²) in [7, 11) is 0. The summed E-state index contributed by atoms with van der Waals surface area (Å²) in [5, 5.41) is 14.5. The Hall–Kier alpha value is -1.79. The van der Waals surface area contributed by atoms with Gasteiger partial charge in [0.2, 0.25) is 0 Å². The van der Waals surface area contributed by atoms with Crippen LogP contribution in [0, 0.1) is 0 Å². The van der Waals surface area contributed by atoms with Gasteiger partial charge in [-0.3, -0.25) is 4.90 Å². The zero-order chi connectivity index (χ0) is 12.9. The maximum atomic E-state index is 5.41. The SMILES string of the molecule is c1ccc(CC(c2nn[nH]n2)N2CCOCC2)cc1. The molecule has 1 aliphatic heterocycles. The first kappa shape index (κ1) is 12.3. The first-order valence-electron chi connectivity index (χ1n) is 6.52. The lowest BCUT2D eigenvalue weighted by atomic mass is 10.0. The third-order valence-corrected chi connectivity index (χ3v) is 3.42. The Bertz CT molecular complexity index is 481. The van der Waals surface area contributed by atoms with E-state index in [4.69, 9.17) is 4.74 Å². The molecule has 100 valence electrons. The van der Waals surface area contributed by atoms with E-state index < -0.39 is 0 Å². The number of morpholine rings is 1. The molecule has 1 atom stereocenters. The third kappa shape index (κ3) is 2.97. The van der Waals surface area contributed by atoms with Gasteiger partial charge in [-0.05, 0) is 12.0 Å². The second-order valence-corrected chi connectivity index (χ2v) is 4.62. The van der Waals surface area contributed by atoms with Crippen molar-refractivity contribution in [2.75, 3.05) is 26.3 Å². The molecule has 2 aromatic rings. The lowest BCUT2D eigenvalue weighted by molar-refractivity contribution is 0.0142. The molecule has 0 bridgehead atoms. The average molecular weight is 259 g/mol. The number of nitrogens with zero attached hydrogens (tertiary/aromatic N) is 4. The van der Waals surface area contributed by atoms with E-state index in [0.29, 0.717) is 0 Å². The van der Waals surface area contributed by atoms with Crippen LogP contribution in [0.1, 0.15) is 17.4 Å². The first-order chi connectivity index (χ1) is 9.43. The Morgan fingerprint density at radius 3 is 2.68 bits per heavy atom. The van der Waals surface area contributed by atoms with Crippen LogP contribution in [0.4, 0.5) is 0 Å². The van der Waals surface area contributed by atoms with Gasteiger partial charge in [0.15, 0.2) is 5.82 Å². The summed E-state index contributed by atoms with van der Waals surface area (Å²) in [6, 6.07) is 10.6. The molecule has 1 saturated heterocycles. The monoisotopic (exact) mass is 259 g/mol. The highest BCUT2D eigenvalue weighted by Crippen LogP contribution is 2.22. The zero-order valence-corrected chi connectivity index (χ0v) is 10.7. The third-order valence-electron chi connectivity index (χ3n) is 3.42. The van der Waals surface area contributed by atoms with Gasteiger partial charge in [0.05, 0.1) is 19.3 Å². The van der Waals surface area contributed by atoms with Crippen LogP contribution in [0.5, 0.6) is 0 Å². The largest absolute Gasteiger partial charge is 0.379 e. The minimum atomic E-state index is 0.157. The molecule has 0 radical (unpaired) electrons. The predicted octanol–water partition coefficient (Wildman–Crippen LogP) is 0.816. The quantitative estimate of drug-likeness (QED) is 0.880. The Morgan fingerprint density at radius 1 is 1.21 bits per heavy atom. The topological polar surface area (TPSA) is 66.9 Å². The van der Waals surface area contributed by atoms with Crippen LogP contribution in [0.2, 0.25) is 0 Å². The summed E-state index contributed by atoms with van der Waals surface area (Å²) in [4.78, 5) is 2.36. The number of aromatic nitrogens is 4. The molecular formula is C13H17N5O. The van der Waals surface area contributed by atoms with Gasteiger partial charge in [0.1, 0.15) is 0 Å². The number of H-pyrrole nitrogens is 1. The number of rotatable bonds is 4. The van der Waals surface area contributed by atoms with Crippen molar-refractivity contribution in [3.63, 3.8) is 0 Å². The fourth-order valence-corrected chi connectivity index (χ4v) is 2.42. The van der Waals surface area contributed by atoms with Crippen molar-refractivity contribution in [3.05, 3.63) is 41.7 Å². The van der Waals surface area contributed by atoms with Crippen molar-refractivity contribution < 1.29 is 4.74 Å². The van der Waals surface area contributed by atoms with Crippen molar-refractivity contribution in [2.24, 2.45) is 0 Å². The molecular weight excluding hydrogens is 242 g/mol. The molecule has 19 heavy (non-hydrogen) atoms. The minimum absolute atomic E-state index is 0.157.